The number of para-hydroxylation sites is 2. The normalized spacial score (nSPS) is 23.3. The zero-order valence-electron chi connectivity index (χ0n) is 18.0. The molecule has 1 aliphatic carbocycles. The first-order chi connectivity index (χ1) is 15.4. The van der Waals surface area contributed by atoms with E-state index in [0.717, 1.165) is 23.5 Å². The van der Waals surface area contributed by atoms with Crippen LogP contribution in [0.5, 0.6) is 0 Å². The molecule has 176 valence electrons. The van der Waals surface area contributed by atoms with Crippen LogP contribution in [0.3, 0.4) is 0 Å². The number of alkyl halides is 6. The Morgan fingerprint density at radius 3 is 2.33 bits per heavy atom. The highest BCUT2D eigenvalue weighted by Crippen LogP contribution is 2.53. The van der Waals surface area contributed by atoms with E-state index >= 15 is 0 Å². The molecule has 4 nitrogen and oxygen atoms in total. The molecule has 2 aromatic heterocycles. The van der Waals surface area contributed by atoms with Crippen molar-refractivity contribution in [1.82, 2.24) is 14.5 Å². The molecule has 3 heterocycles. The summed E-state index contributed by atoms with van der Waals surface area (Å²) in [5, 5.41) is 0. The Bertz CT molecular complexity index is 1160. The van der Waals surface area contributed by atoms with Gasteiger partial charge in [-0.2, -0.15) is 26.3 Å². The minimum Gasteiger partial charge on any atom is -0.343 e. The summed E-state index contributed by atoms with van der Waals surface area (Å²) in [7, 11) is 0. The minimum atomic E-state index is -4.99. The van der Waals surface area contributed by atoms with Crippen LogP contribution in [-0.2, 0) is 12.4 Å². The van der Waals surface area contributed by atoms with Crippen LogP contribution in [0.2, 0.25) is 0 Å². The molecule has 2 aliphatic rings. The van der Waals surface area contributed by atoms with Gasteiger partial charge in [-0.3, -0.25) is 0 Å². The lowest BCUT2D eigenvalue weighted by Gasteiger charge is -2.37. The fourth-order valence-corrected chi connectivity index (χ4v) is 5.42. The molecule has 2 bridgehead atoms. The number of halogens is 6. The molecule has 33 heavy (non-hydrogen) atoms. The monoisotopic (exact) mass is 468 g/mol. The molecule has 2 fully saturated rings. The van der Waals surface area contributed by atoms with E-state index in [0.29, 0.717) is 18.7 Å². The molecule has 1 aliphatic heterocycles. The Hall–Kier alpha value is -2.78. The van der Waals surface area contributed by atoms with Crippen LogP contribution in [0.1, 0.15) is 62.3 Å². The van der Waals surface area contributed by atoms with Crippen LogP contribution in [0.15, 0.2) is 36.4 Å². The fraction of sp³-hybridized carbons (Fsp3) is 0.478. The topological polar surface area (TPSA) is 34.0 Å². The average molecular weight is 468 g/mol. The quantitative estimate of drug-likeness (QED) is 0.398. The van der Waals surface area contributed by atoms with Crippen molar-refractivity contribution in [3.63, 3.8) is 0 Å². The van der Waals surface area contributed by atoms with E-state index in [1.54, 1.807) is 4.90 Å². The van der Waals surface area contributed by atoms with Crippen molar-refractivity contribution in [2.75, 3.05) is 4.90 Å². The smallest absolute Gasteiger partial charge is 0.343 e. The van der Waals surface area contributed by atoms with Crippen LogP contribution in [0.25, 0.3) is 11.0 Å². The molecule has 1 aromatic carbocycles. The summed E-state index contributed by atoms with van der Waals surface area (Å²) >= 11 is 0. The number of hydrogen-bond donors (Lipinski definition) is 0. The van der Waals surface area contributed by atoms with E-state index in [2.05, 4.69) is 4.98 Å². The molecule has 0 unspecified atom stereocenters. The molecular weight excluding hydrogens is 446 g/mol. The third kappa shape index (κ3) is 3.63. The first kappa shape index (κ1) is 22.0. The highest BCUT2D eigenvalue weighted by Gasteiger charge is 2.50. The second-order valence-electron chi connectivity index (χ2n) is 9.10. The predicted molar refractivity (Wildman–Crippen MR) is 111 cm³/mol. The van der Waals surface area contributed by atoms with Gasteiger partial charge in [-0.1, -0.05) is 12.1 Å². The molecule has 1 saturated carbocycles. The Kier molecular flexibility index (Phi) is 4.92. The number of imidazole rings is 1. The molecule has 0 N–H and O–H groups in total. The van der Waals surface area contributed by atoms with Gasteiger partial charge < -0.3 is 9.47 Å². The van der Waals surface area contributed by atoms with Crippen LogP contribution >= 0.6 is 0 Å². The number of rotatable bonds is 3. The summed E-state index contributed by atoms with van der Waals surface area (Å²) in [6.07, 6.45) is -7.68. The van der Waals surface area contributed by atoms with Gasteiger partial charge in [-0.15, -0.1) is 0 Å². The lowest BCUT2D eigenvalue weighted by atomic mass is 9.97. The maximum absolute atomic E-state index is 13.5. The average Bonchev–Trinajstić information content (AvgIpc) is 3.44. The number of hydrogen-bond acceptors (Lipinski definition) is 3. The van der Waals surface area contributed by atoms with Crippen molar-refractivity contribution in [1.29, 1.82) is 0 Å². The number of benzene rings is 1. The number of anilines is 1. The molecule has 3 aromatic rings. The maximum atomic E-state index is 13.5. The van der Waals surface area contributed by atoms with E-state index in [-0.39, 0.29) is 29.9 Å². The van der Waals surface area contributed by atoms with Crippen molar-refractivity contribution in [2.24, 2.45) is 5.92 Å². The van der Waals surface area contributed by atoms with Gasteiger partial charge in [-0.25, -0.2) is 9.97 Å². The summed E-state index contributed by atoms with van der Waals surface area (Å²) in [5.74, 6) is 0.442. The lowest BCUT2D eigenvalue weighted by Crippen LogP contribution is -2.38. The van der Waals surface area contributed by atoms with Crippen LogP contribution < -0.4 is 4.90 Å². The Balaban J connectivity index is 1.70. The Morgan fingerprint density at radius 1 is 0.939 bits per heavy atom. The number of nitrogens with zero attached hydrogens (tertiary/aromatic N) is 4. The molecule has 3 atom stereocenters. The van der Waals surface area contributed by atoms with Crippen molar-refractivity contribution in [3.8, 4) is 0 Å². The Morgan fingerprint density at radius 2 is 1.67 bits per heavy atom. The van der Waals surface area contributed by atoms with Crippen molar-refractivity contribution >= 4 is 16.9 Å². The van der Waals surface area contributed by atoms with Gasteiger partial charge in [0.1, 0.15) is 17.3 Å². The van der Waals surface area contributed by atoms with Gasteiger partial charge in [0.05, 0.1) is 22.6 Å². The molecule has 0 amide bonds. The zero-order valence-corrected chi connectivity index (χ0v) is 18.0. The highest BCUT2D eigenvalue weighted by molar-refractivity contribution is 5.76. The molecule has 1 saturated heterocycles. The second kappa shape index (κ2) is 7.36. The standard InChI is InChI=1S/C23H22F6N4/c1-12(2)32-17-6-4-3-5-16(17)30-21(32)20-13-7-8-15(9-13)33(20)19-11-14(22(24,25)26)10-18(31-19)23(27,28)29/h3-6,10-13,15,20H,7-9H2,1-2H3/t13-,15+,20-/m0/s1. The minimum absolute atomic E-state index is 0.00795. The fourth-order valence-electron chi connectivity index (χ4n) is 5.42. The summed E-state index contributed by atoms with van der Waals surface area (Å²) < 4.78 is 83.0. The van der Waals surface area contributed by atoms with Crippen LogP contribution in [-0.4, -0.2) is 20.6 Å². The molecule has 0 radical (unpaired) electrons. The van der Waals surface area contributed by atoms with Gasteiger partial charge in [0.15, 0.2) is 0 Å². The number of piperidine rings is 1. The highest BCUT2D eigenvalue weighted by atomic mass is 19.4. The molecule has 10 heteroatoms. The SMILES string of the molecule is CC(C)n1c([C@@H]2[C@H]3CC[C@H](C3)N2c2cc(C(F)(F)F)cc(C(F)(F)F)n2)nc2ccccc21. The van der Waals surface area contributed by atoms with Crippen molar-refractivity contribution in [2.45, 2.75) is 63.6 Å². The van der Waals surface area contributed by atoms with E-state index in [9.17, 15) is 26.3 Å². The van der Waals surface area contributed by atoms with Gasteiger partial charge in [-0.05, 0) is 63.3 Å². The van der Waals surface area contributed by atoms with E-state index in [1.807, 2.05) is 42.7 Å². The predicted octanol–water partition coefficient (Wildman–Crippen LogP) is 6.78. The Labute approximate surface area is 186 Å². The van der Waals surface area contributed by atoms with E-state index in [4.69, 9.17) is 4.98 Å². The third-order valence-corrected chi connectivity index (χ3v) is 6.68. The van der Waals surface area contributed by atoms with Crippen molar-refractivity contribution in [3.05, 3.63) is 53.5 Å². The summed E-state index contributed by atoms with van der Waals surface area (Å²) in [5.41, 5.74) is -1.25. The third-order valence-electron chi connectivity index (χ3n) is 6.68. The summed E-state index contributed by atoms with van der Waals surface area (Å²) in [4.78, 5) is 10.1. The van der Waals surface area contributed by atoms with Gasteiger partial charge in [0.2, 0.25) is 0 Å². The van der Waals surface area contributed by atoms with Crippen LogP contribution in [0.4, 0.5) is 32.2 Å². The number of aromatic nitrogens is 3. The van der Waals surface area contributed by atoms with E-state index < -0.39 is 29.7 Å². The lowest BCUT2D eigenvalue weighted by molar-refractivity contribution is -0.145. The largest absolute Gasteiger partial charge is 0.433 e. The van der Waals surface area contributed by atoms with Gasteiger partial charge >= 0.3 is 12.4 Å². The van der Waals surface area contributed by atoms with Gasteiger partial charge in [0.25, 0.3) is 0 Å². The maximum Gasteiger partial charge on any atom is 0.433 e. The number of fused-ring (bicyclic) bond motifs is 3. The zero-order chi connectivity index (χ0) is 23.7. The summed E-state index contributed by atoms with van der Waals surface area (Å²) in [6.45, 7) is 3.97. The second-order valence-corrected chi connectivity index (χ2v) is 9.10. The molecule has 0 spiro atoms. The molecule has 5 rings (SSSR count). The van der Waals surface area contributed by atoms with Gasteiger partial charge in [0, 0.05) is 12.1 Å². The number of pyridine rings is 1. The van der Waals surface area contributed by atoms with Crippen LogP contribution in [0, 0.1) is 5.92 Å². The molecular formula is C23H22F6N4. The van der Waals surface area contributed by atoms with E-state index in [1.165, 1.54) is 0 Å². The summed E-state index contributed by atoms with van der Waals surface area (Å²) in [6, 6.07) is 7.72. The first-order valence-corrected chi connectivity index (χ1v) is 10.9. The first-order valence-electron chi connectivity index (χ1n) is 10.9. The van der Waals surface area contributed by atoms with Crippen molar-refractivity contribution < 1.29 is 26.3 Å².